The summed E-state index contributed by atoms with van der Waals surface area (Å²) in [6.07, 6.45) is 1.14. The van der Waals surface area contributed by atoms with Crippen LogP contribution in [0.3, 0.4) is 0 Å². The molecule has 0 spiro atoms. The molecule has 21 heavy (non-hydrogen) atoms. The fourth-order valence-corrected chi connectivity index (χ4v) is 3.01. The zero-order valence-corrected chi connectivity index (χ0v) is 12.1. The molecular weight excluding hydrogens is 270 g/mol. The number of ether oxygens (including phenoxy) is 2. The van der Waals surface area contributed by atoms with Gasteiger partial charge in [0.1, 0.15) is 11.5 Å². The Morgan fingerprint density at radius 2 is 1.29 bits per heavy atom. The van der Waals surface area contributed by atoms with Crippen molar-refractivity contribution < 1.29 is 19.1 Å². The minimum absolute atomic E-state index is 0.112. The Labute approximate surface area is 122 Å². The van der Waals surface area contributed by atoms with Gasteiger partial charge in [0, 0.05) is 11.1 Å². The van der Waals surface area contributed by atoms with Crippen molar-refractivity contribution >= 4 is 11.6 Å². The lowest BCUT2D eigenvalue weighted by Crippen LogP contribution is -2.23. The monoisotopic (exact) mass is 287 g/mol. The van der Waals surface area contributed by atoms with Gasteiger partial charge in [-0.05, 0) is 38.1 Å². The molecular formula is C16H17NO4. The first kappa shape index (κ1) is 13.8. The zero-order valence-electron chi connectivity index (χ0n) is 12.1. The summed E-state index contributed by atoms with van der Waals surface area (Å²) < 4.78 is 10.5. The first-order chi connectivity index (χ1) is 10.2. The summed E-state index contributed by atoms with van der Waals surface area (Å²) in [6, 6.07) is 3.34. The fourth-order valence-electron chi connectivity index (χ4n) is 3.01. The van der Waals surface area contributed by atoms with Crippen molar-refractivity contribution in [3.05, 3.63) is 34.4 Å². The average Bonchev–Trinajstić information content (AvgIpc) is 2.77. The molecule has 0 bridgehead atoms. The molecule has 0 radical (unpaired) electrons. The summed E-state index contributed by atoms with van der Waals surface area (Å²) in [4.78, 5) is 25.6. The van der Waals surface area contributed by atoms with Crippen LogP contribution in [0.25, 0.3) is 0 Å². The van der Waals surface area contributed by atoms with E-state index in [0.29, 0.717) is 59.7 Å². The van der Waals surface area contributed by atoms with E-state index in [-0.39, 0.29) is 11.6 Å². The number of benzene rings is 1. The lowest BCUT2D eigenvalue weighted by molar-refractivity contribution is 0.0965. The second kappa shape index (κ2) is 5.33. The van der Waals surface area contributed by atoms with E-state index < -0.39 is 0 Å². The summed E-state index contributed by atoms with van der Waals surface area (Å²) in [7, 11) is 3.00. The van der Waals surface area contributed by atoms with E-state index in [0.717, 1.165) is 0 Å². The molecule has 3 rings (SSSR count). The topological polar surface area (TPSA) is 64.6 Å². The van der Waals surface area contributed by atoms with Gasteiger partial charge in [0.2, 0.25) is 0 Å². The summed E-state index contributed by atoms with van der Waals surface area (Å²) >= 11 is 0. The molecule has 2 aliphatic rings. The van der Waals surface area contributed by atoms with Gasteiger partial charge in [-0.1, -0.05) is 0 Å². The van der Waals surface area contributed by atoms with E-state index in [4.69, 9.17) is 9.47 Å². The molecule has 0 atom stereocenters. The number of fused-ring (bicyclic) bond motifs is 1. The minimum Gasteiger partial charge on any atom is -0.496 e. The van der Waals surface area contributed by atoms with Crippen molar-refractivity contribution in [1.29, 1.82) is 0 Å². The Morgan fingerprint density at radius 3 is 1.67 bits per heavy atom. The number of ketones is 2. The van der Waals surface area contributed by atoms with Gasteiger partial charge in [-0.15, -0.1) is 0 Å². The van der Waals surface area contributed by atoms with Crippen molar-refractivity contribution in [2.45, 2.75) is 12.8 Å². The van der Waals surface area contributed by atoms with Gasteiger partial charge in [0.25, 0.3) is 0 Å². The molecule has 1 aliphatic carbocycles. The Bertz CT molecular complexity index is 605. The van der Waals surface area contributed by atoms with Gasteiger partial charge < -0.3 is 14.8 Å². The molecule has 1 aromatic rings. The lowest BCUT2D eigenvalue weighted by atomic mass is 9.81. The predicted octanol–water partition coefficient (Wildman–Crippen LogP) is 1.76. The van der Waals surface area contributed by atoms with Crippen molar-refractivity contribution in [2.24, 2.45) is 0 Å². The predicted molar refractivity (Wildman–Crippen MR) is 77.3 cm³/mol. The van der Waals surface area contributed by atoms with E-state index in [1.807, 2.05) is 0 Å². The molecule has 0 aromatic heterocycles. The maximum atomic E-state index is 12.8. The maximum absolute atomic E-state index is 12.8. The smallest absolute Gasteiger partial charge is 0.194 e. The van der Waals surface area contributed by atoms with Crippen LogP contribution in [0.4, 0.5) is 0 Å². The molecule has 0 saturated carbocycles. The summed E-state index contributed by atoms with van der Waals surface area (Å²) in [6.45, 7) is 1.42. The number of rotatable bonds is 2. The van der Waals surface area contributed by atoms with Gasteiger partial charge in [0.05, 0.1) is 25.3 Å². The second-order valence-electron chi connectivity index (χ2n) is 5.09. The molecule has 5 heteroatoms. The highest BCUT2D eigenvalue weighted by atomic mass is 16.5. The van der Waals surface area contributed by atoms with Crippen LogP contribution in [0.15, 0.2) is 23.3 Å². The van der Waals surface area contributed by atoms with Crippen LogP contribution < -0.4 is 14.8 Å². The molecule has 1 aromatic carbocycles. The molecule has 0 fully saturated rings. The SMILES string of the molecule is COc1ccc(OC)c2c1C(=O)C1=C(CCNCC1)C2=O. The van der Waals surface area contributed by atoms with Crippen LogP contribution in [0.2, 0.25) is 0 Å². The second-order valence-corrected chi connectivity index (χ2v) is 5.09. The van der Waals surface area contributed by atoms with E-state index >= 15 is 0 Å². The Morgan fingerprint density at radius 1 is 0.857 bits per heavy atom. The van der Waals surface area contributed by atoms with E-state index in [1.54, 1.807) is 12.1 Å². The standard InChI is InChI=1S/C16H17NO4/c1-20-11-3-4-12(21-2)14-13(11)15(18)9-5-7-17-8-6-10(9)16(14)19/h3-4,17H,5-8H2,1-2H3. The van der Waals surface area contributed by atoms with Crippen LogP contribution in [-0.2, 0) is 0 Å². The molecule has 0 unspecified atom stereocenters. The van der Waals surface area contributed by atoms with Crippen LogP contribution >= 0.6 is 0 Å². The van der Waals surface area contributed by atoms with E-state index in [1.165, 1.54) is 14.2 Å². The number of hydrogen-bond acceptors (Lipinski definition) is 5. The highest BCUT2D eigenvalue weighted by Gasteiger charge is 2.36. The highest BCUT2D eigenvalue weighted by Crippen LogP contribution is 2.39. The van der Waals surface area contributed by atoms with Crippen LogP contribution in [0.1, 0.15) is 33.6 Å². The average molecular weight is 287 g/mol. The molecule has 0 saturated heterocycles. The first-order valence-electron chi connectivity index (χ1n) is 6.96. The number of hydrogen-bond donors (Lipinski definition) is 1. The van der Waals surface area contributed by atoms with Crippen molar-refractivity contribution in [2.75, 3.05) is 27.3 Å². The molecule has 1 N–H and O–H groups in total. The minimum atomic E-state index is -0.112. The third-order valence-electron chi connectivity index (χ3n) is 4.04. The molecule has 5 nitrogen and oxygen atoms in total. The van der Waals surface area contributed by atoms with Gasteiger partial charge in [-0.3, -0.25) is 9.59 Å². The van der Waals surface area contributed by atoms with Crippen LogP contribution in [0, 0.1) is 0 Å². The lowest BCUT2D eigenvalue weighted by Gasteiger charge is -2.23. The first-order valence-corrected chi connectivity index (χ1v) is 6.96. The van der Waals surface area contributed by atoms with E-state index in [9.17, 15) is 9.59 Å². The summed E-state index contributed by atoms with van der Waals surface area (Å²) in [5, 5.41) is 3.22. The maximum Gasteiger partial charge on any atom is 0.194 e. The normalized spacial score (nSPS) is 18.0. The van der Waals surface area contributed by atoms with Gasteiger partial charge >= 0.3 is 0 Å². The van der Waals surface area contributed by atoms with E-state index in [2.05, 4.69) is 5.32 Å². The van der Waals surface area contributed by atoms with Gasteiger partial charge in [-0.2, -0.15) is 0 Å². The van der Waals surface area contributed by atoms with Crippen molar-refractivity contribution in [3.63, 3.8) is 0 Å². The van der Waals surface area contributed by atoms with Crippen molar-refractivity contribution in [3.8, 4) is 11.5 Å². The molecule has 1 heterocycles. The Hall–Kier alpha value is -2.14. The summed E-state index contributed by atoms with van der Waals surface area (Å²) in [5.41, 5.74) is 1.90. The van der Waals surface area contributed by atoms with Gasteiger partial charge in [-0.25, -0.2) is 0 Å². The van der Waals surface area contributed by atoms with Crippen molar-refractivity contribution in [1.82, 2.24) is 5.32 Å². The number of Topliss-reactive ketones (excluding diaryl/α,β-unsaturated/α-hetero) is 2. The molecule has 0 amide bonds. The molecule has 110 valence electrons. The number of carbonyl (C=O) groups excluding carboxylic acids is 2. The number of nitrogens with one attached hydrogen (secondary N) is 1. The zero-order chi connectivity index (χ0) is 15.0. The van der Waals surface area contributed by atoms with Crippen LogP contribution in [0.5, 0.6) is 11.5 Å². The highest BCUT2D eigenvalue weighted by molar-refractivity contribution is 6.29. The fraction of sp³-hybridized carbons (Fsp3) is 0.375. The molecule has 1 aliphatic heterocycles. The summed E-state index contributed by atoms with van der Waals surface area (Å²) in [5.74, 6) is 0.624. The number of methoxy groups -OCH3 is 2. The Balaban J connectivity index is 2.25. The quantitative estimate of drug-likeness (QED) is 0.898. The Kier molecular flexibility index (Phi) is 3.51. The van der Waals surface area contributed by atoms with Crippen LogP contribution in [-0.4, -0.2) is 38.9 Å². The third kappa shape index (κ3) is 2.05. The largest absolute Gasteiger partial charge is 0.496 e. The third-order valence-corrected chi connectivity index (χ3v) is 4.04. The number of carbonyl (C=O) groups is 2. The van der Waals surface area contributed by atoms with Gasteiger partial charge in [0.15, 0.2) is 11.6 Å².